The highest BCUT2D eigenvalue weighted by Crippen LogP contribution is 2.41. The molecule has 0 aliphatic heterocycles. The Balaban J connectivity index is 0.00000338. The molecular weight excluding hydrogens is 439 g/mol. The van der Waals surface area contributed by atoms with Crippen LogP contribution >= 0.6 is 24.0 Å². The summed E-state index contributed by atoms with van der Waals surface area (Å²) in [4.78, 5) is 7.53. The monoisotopic (exact) mass is 480 g/mol. The van der Waals surface area contributed by atoms with E-state index in [4.69, 9.17) is 9.73 Å². The van der Waals surface area contributed by atoms with Crippen LogP contribution in [0.3, 0.4) is 0 Å². The highest BCUT2D eigenvalue weighted by Gasteiger charge is 2.33. The Kier molecular flexibility index (Phi) is 12.1. The fourth-order valence-electron chi connectivity index (χ4n) is 3.99. The second-order valence-electron chi connectivity index (χ2n) is 7.64. The van der Waals surface area contributed by atoms with Gasteiger partial charge in [0.2, 0.25) is 0 Å². The normalized spacial score (nSPS) is 19.5. The number of hydrogen-bond acceptors (Lipinski definition) is 3. The molecule has 0 aromatic heterocycles. The first-order valence-corrected chi connectivity index (χ1v) is 10.6. The number of aliphatic imine (C=N–C) groups is 1. The van der Waals surface area contributed by atoms with Gasteiger partial charge in [-0.1, -0.05) is 19.8 Å². The Morgan fingerprint density at radius 2 is 1.88 bits per heavy atom. The second-order valence-corrected chi connectivity index (χ2v) is 7.64. The van der Waals surface area contributed by atoms with Crippen LogP contribution in [0.5, 0.6) is 0 Å². The number of nitrogens with zero attached hydrogens (tertiary/aromatic N) is 2. The average molecular weight is 480 g/mol. The molecule has 0 saturated heterocycles. The Bertz CT molecular complexity index is 395. The first-order chi connectivity index (χ1) is 12.2. The van der Waals surface area contributed by atoms with Gasteiger partial charge in [-0.15, -0.1) is 24.0 Å². The highest BCUT2D eigenvalue weighted by atomic mass is 127. The summed E-state index contributed by atoms with van der Waals surface area (Å²) < 4.78 is 5.62. The van der Waals surface area contributed by atoms with E-state index in [0.717, 1.165) is 64.4 Å². The van der Waals surface area contributed by atoms with Gasteiger partial charge in [0.15, 0.2) is 5.96 Å². The average Bonchev–Trinajstić information content (AvgIpc) is 3.36. The molecule has 2 rings (SSSR count). The molecule has 26 heavy (non-hydrogen) atoms. The van der Waals surface area contributed by atoms with Gasteiger partial charge in [0.25, 0.3) is 0 Å². The Hall–Kier alpha value is -0.0800. The lowest BCUT2D eigenvalue weighted by atomic mass is 9.83. The highest BCUT2D eigenvalue weighted by molar-refractivity contribution is 14.0. The summed E-state index contributed by atoms with van der Waals surface area (Å²) in [6.45, 7) is 13.3. The Morgan fingerprint density at radius 1 is 1.15 bits per heavy atom. The SMILES string of the molecule is CCNC(=NCC1(CCOCC)CCCC1)NCCN(CC)C1CC1.I. The summed E-state index contributed by atoms with van der Waals surface area (Å²) in [5.74, 6) is 0.983. The number of nitrogens with one attached hydrogen (secondary N) is 2. The zero-order valence-corrected chi connectivity index (χ0v) is 19.5. The van der Waals surface area contributed by atoms with Crippen molar-refractivity contribution in [1.82, 2.24) is 15.5 Å². The van der Waals surface area contributed by atoms with Gasteiger partial charge in [0, 0.05) is 45.4 Å². The summed E-state index contributed by atoms with van der Waals surface area (Å²) in [5, 5.41) is 6.96. The minimum absolute atomic E-state index is 0. The minimum atomic E-state index is 0. The summed E-state index contributed by atoms with van der Waals surface area (Å²) >= 11 is 0. The maximum Gasteiger partial charge on any atom is 0.191 e. The number of likely N-dealkylation sites (N-methyl/N-ethyl adjacent to an activating group) is 1. The van der Waals surface area contributed by atoms with E-state index in [2.05, 4.69) is 36.3 Å². The quantitative estimate of drug-likeness (QED) is 0.194. The molecule has 0 amide bonds. The first-order valence-electron chi connectivity index (χ1n) is 10.6. The lowest BCUT2D eigenvalue weighted by molar-refractivity contribution is 0.107. The van der Waals surface area contributed by atoms with Gasteiger partial charge in [0.1, 0.15) is 0 Å². The molecule has 2 N–H and O–H groups in total. The van der Waals surface area contributed by atoms with Crippen LogP contribution in [-0.2, 0) is 4.74 Å². The van der Waals surface area contributed by atoms with E-state index >= 15 is 0 Å². The van der Waals surface area contributed by atoms with Crippen molar-refractivity contribution in [2.75, 3.05) is 45.9 Å². The number of ether oxygens (including phenoxy) is 1. The number of halogens is 1. The van der Waals surface area contributed by atoms with Crippen LogP contribution < -0.4 is 10.6 Å². The van der Waals surface area contributed by atoms with Crippen molar-refractivity contribution in [2.24, 2.45) is 10.4 Å². The molecule has 2 aliphatic carbocycles. The van der Waals surface area contributed by atoms with E-state index in [1.165, 1.54) is 38.5 Å². The molecule has 0 aromatic carbocycles. The topological polar surface area (TPSA) is 48.9 Å². The van der Waals surface area contributed by atoms with Gasteiger partial charge in [-0.25, -0.2) is 0 Å². The second kappa shape index (κ2) is 13.2. The van der Waals surface area contributed by atoms with Crippen LogP contribution in [0.1, 0.15) is 65.7 Å². The molecule has 2 aliphatic rings. The molecule has 0 spiro atoms. The first kappa shape index (κ1) is 24.0. The van der Waals surface area contributed by atoms with Crippen LogP contribution in [0.15, 0.2) is 4.99 Å². The van der Waals surface area contributed by atoms with Gasteiger partial charge >= 0.3 is 0 Å². The van der Waals surface area contributed by atoms with Crippen LogP contribution in [0, 0.1) is 5.41 Å². The van der Waals surface area contributed by atoms with Gasteiger partial charge in [-0.2, -0.15) is 0 Å². The van der Waals surface area contributed by atoms with Crippen LogP contribution in [-0.4, -0.2) is 62.8 Å². The smallest absolute Gasteiger partial charge is 0.191 e. The summed E-state index contributed by atoms with van der Waals surface area (Å²) in [7, 11) is 0. The van der Waals surface area contributed by atoms with Crippen molar-refractivity contribution in [3.05, 3.63) is 0 Å². The summed E-state index contributed by atoms with van der Waals surface area (Å²) in [5.41, 5.74) is 0.362. The fraction of sp³-hybridized carbons (Fsp3) is 0.950. The zero-order chi connectivity index (χ0) is 18.0. The minimum Gasteiger partial charge on any atom is -0.382 e. The third-order valence-corrected chi connectivity index (χ3v) is 5.72. The van der Waals surface area contributed by atoms with Crippen molar-refractivity contribution in [3.8, 4) is 0 Å². The van der Waals surface area contributed by atoms with E-state index < -0.39 is 0 Å². The van der Waals surface area contributed by atoms with Crippen LogP contribution in [0.2, 0.25) is 0 Å². The van der Waals surface area contributed by atoms with Crippen molar-refractivity contribution in [3.63, 3.8) is 0 Å². The fourth-order valence-corrected chi connectivity index (χ4v) is 3.99. The Morgan fingerprint density at radius 3 is 2.46 bits per heavy atom. The van der Waals surface area contributed by atoms with E-state index in [9.17, 15) is 0 Å². The van der Waals surface area contributed by atoms with Crippen molar-refractivity contribution >= 4 is 29.9 Å². The lowest BCUT2D eigenvalue weighted by Crippen LogP contribution is -2.42. The molecule has 0 heterocycles. The number of rotatable bonds is 12. The van der Waals surface area contributed by atoms with E-state index in [1.807, 2.05) is 0 Å². The maximum absolute atomic E-state index is 5.62. The molecule has 2 fully saturated rings. The molecule has 0 radical (unpaired) electrons. The van der Waals surface area contributed by atoms with Gasteiger partial charge in [-0.05, 0) is 57.9 Å². The third kappa shape index (κ3) is 8.30. The van der Waals surface area contributed by atoms with Gasteiger partial charge in [0.05, 0.1) is 0 Å². The molecule has 2 saturated carbocycles. The van der Waals surface area contributed by atoms with Crippen LogP contribution in [0.4, 0.5) is 0 Å². The molecule has 0 aromatic rings. The van der Waals surface area contributed by atoms with E-state index in [1.54, 1.807) is 0 Å². The van der Waals surface area contributed by atoms with E-state index in [0.29, 0.717) is 5.41 Å². The summed E-state index contributed by atoms with van der Waals surface area (Å²) in [6.07, 6.45) is 9.20. The largest absolute Gasteiger partial charge is 0.382 e. The molecular formula is C20H41IN4O. The molecule has 0 atom stereocenters. The van der Waals surface area contributed by atoms with Gasteiger partial charge in [-0.3, -0.25) is 9.89 Å². The lowest BCUT2D eigenvalue weighted by Gasteiger charge is -2.27. The standard InChI is InChI=1S/C20H40N4O.HI/c1-4-21-19(22-14-15-24(5-2)18-9-10-18)23-17-20(11-7-8-12-20)13-16-25-6-3;/h18H,4-17H2,1-3H3,(H2,21,22,23);1H. The zero-order valence-electron chi connectivity index (χ0n) is 17.2. The molecule has 154 valence electrons. The summed E-state index contributed by atoms with van der Waals surface area (Å²) in [6, 6.07) is 0.839. The van der Waals surface area contributed by atoms with Crippen LogP contribution in [0.25, 0.3) is 0 Å². The predicted molar refractivity (Wildman–Crippen MR) is 122 cm³/mol. The van der Waals surface area contributed by atoms with Crippen molar-refractivity contribution < 1.29 is 4.74 Å². The maximum atomic E-state index is 5.62. The molecule has 6 heteroatoms. The number of hydrogen-bond donors (Lipinski definition) is 2. The Labute approximate surface area is 178 Å². The van der Waals surface area contributed by atoms with Crippen molar-refractivity contribution in [1.29, 1.82) is 0 Å². The van der Waals surface area contributed by atoms with Crippen molar-refractivity contribution in [2.45, 2.75) is 71.8 Å². The predicted octanol–water partition coefficient (Wildman–Crippen LogP) is 3.63. The third-order valence-electron chi connectivity index (χ3n) is 5.72. The number of guanidine groups is 1. The van der Waals surface area contributed by atoms with E-state index in [-0.39, 0.29) is 24.0 Å². The van der Waals surface area contributed by atoms with Gasteiger partial charge < -0.3 is 15.4 Å². The molecule has 0 bridgehead atoms. The molecule has 5 nitrogen and oxygen atoms in total. The molecule has 0 unspecified atom stereocenters.